The number of phenolic OH excluding ortho intramolecular Hbond substituents is 1. The molecule has 2 aromatic carbocycles. The maximum absolute atomic E-state index is 11.7. The molecule has 0 atom stereocenters. The van der Waals surface area contributed by atoms with E-state index in [1.165, 1.54) is 12.8 Å². The molecule has 2 heterocycles. The Morgan fingerprint density at radius 3 is 2.57 bits per heavy atom. The van der Waals surface area contributed by atoms with E-state index < -0.39 is 5.91 Å². The average molecular weight is 473 g/mol. The molecule has 0 aliphatic heterocycles. The van der Waals surface area contributed by atoms with Gasteiger partial charge in [0.1, 0.15) is 23.0 Å². The number of hydrogen-bond donors (Lipinski definition) is 5. The molecule has 0 saturated heterocycles. The second-order valence-corrected chi connectivity index (χ2v) is 8.80. The van der Waals surface area contributed by atoms with Crippen LogP contribution in [0.2, 0.25) is 0 Å². The van der Waals surface area contributed by atoms with Crippen molar-refractivity contribution in [2.45, 2.75) is 38.6 Å². The van der Waals surface area contributed by atoms with E-state index in [-0.39, 0.29) is 5.75 Å². The molecule has 180 valence electrons. The SMILES string of the molecule is COc1c(Nc2nc(NC3CCCC3)c3c(-c4ccc(O)cc4)c[nH]c3n2)ccc(C(N)=O)c1C. The van der Waals surface area contributed by atoms with E-state index in [9.17, 15) is 9.90 Å². The summed E-state index contributed by atoms with van der Waals surface area (Å²) in [7, 11) is 1.55. The van der Waals surface area contributed by atoms with Crippen LogP contribution >= 0.6 is 0 Å². The monoisotopic (exact) mass is 472 g/mol. The number of nitrogens with one attached hydrogen (secondary N) is 3. The predicted octanol–water partition coefficient (Wildman–Crippen LogP) is 4.84. The van der Waals surface area contributed by atoms with Gasteiger partial charge in [-0.2, -0.15) is 9.97 Å². The number of amides is 1. The average Bonchev–Trinajstić information content (AvgIpc) is 3.50. The number of fused-ring (bicyclic) bond motifs is 1. The first-order valence-corrected chi connectivity index (χ1v) is 11.6. The third-order valence-electron chi connectivity index (χ3n) is 6.53. The second-order valence-electron chi connectivity index (χ2n) is 8.80. The highest BCUT2D eigenvalue weighted by Gasteiger charge is 2.21. The molecule has 1 amide bonds. The molecular formula is C26H28N6O3. The highest BCUT2D eigenvalue weighted by molar-refractivity contribution is 6.02. The predicted molar refractivity (Wildman–Crippen MR) is 136 cm³/mol. The van der Waals surface area contributed by atoms with Gasteiger partial charge in [0.25, 0.3) is 0 Å². The van der Waals surface area contributed by atoms with Crippen molar-refractivity contribution in [1.29, 1.82) is 0 Å². The summed E-state index contributed by atoms with van der Waals surface area (Å²) in [4.78, 5) is 24.6. The lowest BCUT2D eigenvalue weighted by molar-refractivity contribution is 0.0999. The van der Waals surface area contributed by atoms with Crippen molar-refractivity contribution in [1.82, 2.24) is 15.0 Å². The largest absolute Gasteiger partial charge is 0.508 e. The van der Waals surface area contributed by atoms with Gasteiger partial charge < -0.3 is 31.2 Å². The lowest BCUT2D eigenvalue weighted by atomic mass is 10.1. The number of phenols is 1. The molecule has 0 radical (unpaired) electrons. The van der Waals surface area contributed by atoms with E-state index in [1.807, 2.05) is 18.3 Å². The number of carbonyl (C=O) groups excluding carboxylic acids is 1. The molecule has 9 heteroatoms. The van der Waals surface area contributed by atoms with Gasteiger partial charge in [-0.15, -0.1) is 0 Å². The number of carbonyl (C=O) groups is 1. The number of hydrogen-bond acceptors (Lipinski definition) is 7. The summed E-state index contributed by atoms with van der Waals surface area (Å²) in [5.74, 6) is 1.33. The standard InChI is InChI=1S/C26H28N6O3/c1-14-18(23(27)34)11-12-20(22(14)35-2)30-26-31-24-21(25(32-26)29-16-5-3-4-6-16)19(13-28-24)15-7-9-17(33)10-8-15/h7-13,16,33H,3-6H2,1-2H3,(H2,27,34)(H3,28,29,30,31,32). The summed E-state index contributed by atoms with van der Waals surface area (Å²) in [6.45, 7) is 1.79. The molecule has 0 bridgehead atoms. The van der Waals surface area contributed by atoms with Gasteiger partial charge in [-0.1, -0.05) is 25.0 Å². The topological polar surface area (TPSA) is 138 Å². The fraction of sp³-hybridized carbons (Fsp3) is 0.269. The zero-order chi connectivity index (χ0) is 24.5. The number of H-pyrrole nitrogens is 1. The van der Waals surface area contributed by atoms with Crippen LogP contribution in [0.15, 0.2) is 42.6 Å². The Hall–Kier alpha value is -4.27. The van der Waals surface area contributed by atoms with Crippen LogP contribution in [0.25, 0.3) is 22.2 Å². The first-order valence-electron chi connectivity index (χ1n) is 11.6. The van der Waals surface area contributed by atoms with Crippen molar-refractivity contribution in [3.8, 4) is 22.6 Å². The van der Waals surface area contributed by atoms with E-state index in [1.54, 1.807) is 38.3 Å². The molecule has 0 unspecified atom stereocenters. The number of nitrogens with two attached hydrogens (primary N) is 1. The summed E-state index contributed by atoms with van der Waals surface area (Å²) >= 11 is 0. The van der Waals surface area contributed by atoms with Gasteiger partial charge >= 0.3 is 0 Å². The van der Waals surface area contributed by atoms with Crippen molar-refractivity contribution < 1.29 is 14.6 Å². The van der Waals surface area contributed by atoms with Crippen molar-refractivity contribution >= 4 is 34.4 Å². The van der Waals surface area contributed by atoms with Crippen LogP contribution in [0, 0.1) is 6.92 Å². The fourth-order valence-electron chi connectivity index (χ4n) is 4.77. The molecule has 4 aromatic rings. The molecule has 6 N–H and O–H groups in total. The number of nitrogens with zero attached hydrogens (tertiary/aromatic N) is 2. The number of anilines is 3. The fourth-order valence-corrected chi connectivity index (χ4v) is 4.77. The number of rotatable bonds is 7. The maximum atomic E-state index is 11.7. The third kappa shape index (κ3) is 4.32. The Bertz CT molecular complexity index is 1390. The molecule has 35 heavy (non-hydrogen) atoms. The summed E-state index contributed by atoms with van der Waals surface area (Å²) in [5, 5.41) is 17.5. The number of aromatic amines is 1. The van der Waals surface area contributed by atoms with Gasteiger partial charge in [0.05, 0.1) is 18.2 Å². The lowest BCUT2D eigenvalue weighted by Crippen LogP contribution is -2.17. The zero-order valence-electron chi connectivity index (χ0n) is 19.7. The number of ether oxygens (including phenoxy) is 1. The smallest absolute Gasteiger partial charge is 0.249 e. The minimum atomic E-state index is -0.513. The number of benzene rings is 2. The van der Waals surface area contributed by atoms with Crippen molar-refractivity contribution in [3.63, 3.8) is 0 Å². The van der Waals surface area contributed by atoms with E-state index in [4.69, 9.17) is 20.4 Å². The van der Waals surface area contributed by atoms with Crippen LogP contribution in [0.4, 0.5) is 17.5 Å². The number of primary amides is 1. The number of aromatic hydroxyl groups is 1. The van der Waals surface area contributed by atoms with Gasteiger partial charge in [0, 0.05) is 28.9 Å². The summed E-state index contributed by atoms with van der Waals surface area (Å²) in [6, 6.07) is 10.8. The van der Waals surface area contributed by atoms with Gasteiger partial charge in [-0.3, -0.25) is 4.79 Å². The Morgan fingerprint density at radius 2 is 1.89 bits per heavy atom. The molecular weight excluding hydrogens is 444 g/mol. The highest BCUT2D eigenvalue weighted by atomic mass is 16.5. The molecule has 9 nitrogen and oxygen atoms in total. The van der Waals surface area contributed by atoms with Gasteiger partial charge in [-0.25, -0.2) is 0 Å². The maximum Gasteiger partial charge on any atom is 0.249 e. The van der Waals surface area contributed by atoms with Crippen molar-refractivity contribution in [2.24, 2.45) is 5.73 Å². The molecule has 1 saturated carbocycles. The molecule has 1 aliphatic carbocycles. The van der Waals surface area contributed by atoms with E-state index >= 15 is 0 Å². The Kier molecular flexibility index (Phi) is 5.90. The minimum absolute atomic E-state index is 0.215. The molecule has 2 aromatic heterocycles. The number of methoxy groups -OCH3 is 1. The molecule has 1 fully saturated rings. The van der Waals surface area contributed by atoms with Gasteiger partial charge in [-0.05, 0) is 49.6 Å². The quantitative estimate of drug-likeness (QED) is 0.259. The van der Waals surface area contributed by atoms with Gasteiger partial charge in [0.2, 0.25) is 11.9 Å². The molecule has 1 aliphatic rings. The van der Waals surface area contributed by atoms with Crippen LogP contribution in [-0.4, -0.2) is 39.1 Å². The first kappa shape index (κ1) is 22.5. The van der Waals surface area contributed by atoms with Crippen LogP contribution in [-0.2, 0) is 0 Å². The summed E-state index contributed by atoms with van der Waals surface area (Å²) < 4.78 is 5.57. The molecule has 5 rings (SSSR count). The third-order valence-corrected chi connectivity index (χ3v) is 6.53. The Balaban J connectivity index is 1.59. The lowest BCUT2D eigenvalue weighted by Gasteiger charge is -2.17. The summed E-state index contributed by atoms with van der Waals surface area (Å²) in [6.07, 6.45) is 6.47. The highest BCUT2D eigenvalue weighted by Crippen LogP contribution is 2.37. The van der Waals surface area contributed by atoms with Crippen LogP contribution in [0.5, 0.6) is 11.5 Å². The first-order chi connectivity index (χ1) is 16.9. The summed E-state index contributed by atoms with van der Waals surface area (Å²) in [5.41, 5.74) is 9.74. The van der Waals surface area contributed by atoms with Crippen molar-refractivity contribution in [3.05, 3.63) is 53.7 Å². The van der Waals surface area contributed by atoms with E-state index in [0.29, 0.717) is 40.2 Å². The second kappa shape index (κ2) is 9.17. The zero-order valence-corrected chi connectivity index (χ0v) is 19.7. The normalized spacial score (nSPS) is 13.8. The van der Waals surface area contributed by atoms with Crippen LogP contribution in [0.3, 0.4) is 0 Å². The minimum Gasteiger partial charge on any atom is -0.508 e. The van der Waals surface area contributed by atoms with Gasteiger partial charge in [0.15, 0.2) is 0 Å². The van der Waals surface area contributed by atoms with Crippen LogP contribution in [0.1, 0.15) is 41.6 Å². The van der Waals surface area contributed by atoms with Crippen molar-refractivity contribution in [2.75, 3.05) is 17.7 Å². The molecule has 0 spiro atoms. The Morgan fingerprint density at radius 1 is 1.14 bits per heavy atom. The van der Waals surface area contributed by atoms with Crippen LogP contribution < -0.4 is 21.1 Å². The Labute approximate surface area is 202 Å². The van der Waals surface area contributed by atoms with E-state index in [2.05, 4.69) is 15.6 Å². The number of aromatic nitrogens is 3. The van der Waals surface area contributed by atoms with E-state index in [0.717, 1.165) is 35.2 Å².